The zero-order chi connectivity index (χ0) is 18.2. The van der Waals surface area contributed by atoms with Crippen LogP contribution in [0.2, 0.25) is 0 Å². The molecule has 25 heavy (non-hydrogen) atoms. The number of amides is 1. The number of aryl methyl sites for hydroxylation is 1. The third kappa shape index (κ3) is 5.13. The quantitative estimate of drug-likeness (QED) is 0.757. The van der Waals surface area contributed by atoms with Crippen LogP contribution in [0.1, 0.15) is 58.4 Å². The summed E-state index contributed by atoms with van der Waals surface area (Å²) in [7, 11) is 0. The predicted octanol–water partition coefficient (Wildman–Crippen LogP) is 4.43. The van der Waals surface area contributed by atoms with Gasteiger partial charge in [-0.15, -0.1) is 0 Å². The first-order chi connectivity index (χ1) is 12.1. The van der Waals surface area contributed by atoms with Crippen molar-refractivity contribution < 1.29 is 4.79 Å². The molecule has 1 amide bonds. The van der Waals surface area contributed by atoms with Crippen molar-refractivity contribution in [1.29, 1.82) is 0 Å². The molecular weight excluding hydrogens is 310 g/mol. The average molecular weight is 346 g/mol. The number of hydrogen-bond acceptors (Lipinski definition) is 3. The summed E-state index contributed by atoms with van der Waals surface area (Å²) in [6, 6.07) is 7.00. The third-order valence-electron chi connectivity index (χ3n) is 5.41. The summed E-state index contributed by atoms with van der Waals surface area (Å²) in [5.74, 6) is 0.302. The lowest BCUT2D eigenvalue weighted by Crippen LogP contribution is -2.43. The maximum Gasteiger partial charge on any atom is 0.224 e. The highest BCUT2D eigenvalue weighted by atomic mass is 16.2. The highest BCUT2D eigenvalue weighted by Crippen LogP contribution is 2.23. The number of nitrogens with one attached hydrogen (secondary N) is 1. The molecule has 1 saturated heterocycles. The Morgan fingerprint density at radius 3 is 2.64 bits per heavy atom. The van der Waals surface area contributed by atoms with Crippen molar-refractivity contribution in [2.45, 2.75) is 65.8 Å². The molecule has 140 valence electrons. The second kappa shape index (κ2) is 9.69. The van der Waals surface area contributed by atoms with E-state index in [4.69, 9.17) is 0 Å². The van der Waals surface area contributed by atoms with Gasteiger partial charge < -0.3 is 15.1 Å². The smallest absolute Gasteiger partial charge is 0.224 e. The van der Waals surface area contributed by atoms with Gasteiger partial charge in [0.25, 0.3) is 0 Å². The number of anilines is 2. The Morgan fingerprint density at radius 1 is 1.24 bits per heavy atom. The number of rotatable bonds is 8. The van der Waals surface area contributed by atoms with Gasteiger partial charge in [-0.3, -0.25) is 4.79 Å². The van der Waals surface area contributed by atoms with E-state index in [1.54, 1.807) is 0 Å². The van der Waals surface area contributed by atoms with Crippen LogP contribution in [0.3, 0.4) is 0 Å². The van der Waals surface area contributed by atoms with Gasteiger partial charge in [0.05, 0.1) is 0 Å². The predicted molar refractivity (Wildman–Crippen MR) is 107 cm³/mol. The summed E-state index contributed by atoms with van der Waals surface area (Å²) in [5, 5.41) is 3.45. The van der Waals surface area contributed by atoms with Crippen LogP contribution in [0.4, 0.5) is 11.4 Å². The molecule has 1 aliphatic heterocycles. The van der Waals surface area contributed by atoms with E-state index in [-0.39, 0.29) is 0 Å². The monoisotopic (exact) mass is 345 g/mol. The molecule has 0 saturated carbocycles. The van der Waals surface area contributed by atoms with Crippen molar-refractivity contribution in [3.8, 4) is 0 Å². The first kappa shape index (κ1) is 19.6. The van der Waals surface area contributed by atoms with Gasteiger partial charge in [-0.25, -0.2) is 0 Å². The van der Waals surface area contributed by atoms with E-state index in [9.17, 15) is 4.79 Å². The standard InChI is InChI=1S/C21H35N3O/c1-5-18-10-8-9-15-24(18)21(25)13-14-22-20-12-11-19(16-17(20)4)23(6-2)7-3/h11-12,16,18,22H,5-10,13-15H2,1-4H3. The maximum atomic E-state index is 12.5. The number of carbonyl (C=O) groups excluding carboxylic acids is 1. The molecule has 1 aliphatic rings. The van der Waals surface area contributed by atoms with Crippen molar-refractivity contribution in [3.05, 3.63) is 23.8 Å². The molecule has 1 fully saturated rings. The molecule has 4 nitrogen and oxygen atoms in total. The third-order valence-corrected chi connectivity index (χ3v) is 5.41. The minimum absolute atomic E-state index is 0.302. The molecule has 1 N–H and O–H groups in total. The second-order valence-electron chi connectivity index (χ2n) is 6.99. The van der Waals surface area contributed by atoms with Crippen molar-refractivity contribution in [2.24, 2.45) is 0 Å². The summed E-state index contributed by atoms with van der Waals surface area (Å²) >= 11 is 0. The average Bonchev–Trinajstić information content (AvgIpc) is 2.64. The number of likely N-dealkylation sites (tertiary alicyclic amines) is 1. The molecule has 0 aliphatic carbocycles. The molecule has 1 unspecified atom stereocenters. The summed E-state index contributed by atoms with van der Waals surface area (Å²) in [6.45, 7) is 12.4. The summed E-state index contributed by atoms with van der Waals surface area (Å²) in [5.41, 5.74) is 3.64. The van der Waals surface area contributed by atoms with Gasteiger partial charge in [-0.05, 0) is 70.2 Å². The Kier molecular flexibility index (Phi) is 7.60. The number of nitrogens with zero attached hydrogens (tertiary/aromatic N) is 2. The number of piperidine rings is 1. The minimum atomic E-state index is 0.302. The molecule has 4 heteroatoms. The summed E-state index contributed by atoms with van der Waals surface area (Å²) in [6.07, 6.45) is 5.24. The van der Waals surface area contributed by atoms with Crippen LogP contribution in [0.25, 0.3) is 0 Å². The van der Waals surface area contributed by atoms with E-state index in [2.05, 4.69) is 61.0 Å². The SMILES string of the molecule is CCC1CCCCN1C(=O)CCNc1ccc(N(CC)CC)cc1C. The van der Waals surface area contributed by atoms with Crippen LogP contribution in [0.5, 0.6) is 0 Å². The molecule has 0 radical (unpaired) electrons. The zero-order valence-electron chi connectivity index (χ0n) is 16.5. The number of benzene rings is 1. The van der Waals surface area contributed by atoms with Gasteiger partial charge in [-0.1, -0.05) is 6.92 Å². The minimum Gasteiger partial charge on any atom is -0.384 e. The Labute approximate surface area is 153 Å². The Hall–Kier alpha value is -1.71. The van der Waals surface area contributed by atoms with Crippen LogP contribution in [0, 0.1) is 6.92 Å². The van der Waals surface area contributed by atoms with E-state index < -0.39 is 0 Å². The van der Waals surface area contributed by atoms with E-state index in [0.717, 1.165) is 38.2 Å². The van der Waals surface area contributed by atoms with Gasteiger partial charge in [-0.2, -0.15) is 0 Å². The normalized spacial score (nSPS) is 17.4. The maximum absolute atomic E-state index is 12.5. The molecule has 0 bridgehead atoms. The first-order valence-electron chi connectivity index (χ1n) is 9.99. The topological polar surface area (TPSA) is 35.6 Å². The molecule has 2 rings (SSSR count). The van der Waals surface area contributed by atoms with Gasteiger partial charge in [0, 0.05) is 50.0 Å². The molecule has 1 heterocycles. The highest BCUT2D eigenvalue weighted by Gasteiger charge is 2.24. The van der Waals surface area contributed by atoms with Crippen LogP contribution in [0.15, 0.2) is 18.2 Å². The number of carbonyl (C=O) groups is 1. The fourth-order valence-corrected chi connectivity index (χ4v) is 3.83. The van der Waals surface area contributed by atoms with Crippen LogP contribution < -0.4 is 10.2 Å². The van der Waals surface area contributed by atoms with Crippen molar-refractivity contribution in [3.63, 3.8) is 0 Å². The molecule has 1 aromatic rings. The van der Waals surface area contributed by atoms with Crippen LogP contribution >= 0.6 is 0 Å². The largest absolute Gasteiger partial charge is 0.384 e. The lowest BCUT2D eigenvalue weighted by Gasteiger charge is -2.35. The molecular formula is C21H35N3O. The van der Waals surface area contributed by atoms with Crippen molar-refractivity contribution >= 4 is 17.3 Å². The lowest BCUT2D eigenvalue weighted by atomic mass is 9.99. The van der Waals surface area contributed by atoms with Gasteiger partial charge in [0.2, 0.25) is 5.91 Å². The fraction of sp³-hybridized carbons (Fsp3) is 0.667. The van der Waals surface area contributed by atoms with Crippen molar-refractivity contribution in [1.82, 2.24) is 4.90 Å². The highest BCUT2D eigenvalue weighted by molar-refractivity contribution is 5.77. The lowest BCUT2D eigenvalue weighted by molar-refractivity contribution is -0.134. The molecule has 0 aromatic heterocycles. The van der Waals surface area contributed by atoms with Crippen LogP contribution in [-0.2, 0) is 4.79 Å². The fourth-order valence-electron chi connectivity index (χ4n) is 3.83. The van der Waals surface area contributed by atoms with Gasteiger partial charge >= 0.3 is 0 Å². The Bertz CT molecular complexity index is 554. The Morgan fingerprint density at radius 2 is 2.00 bits per heavy atom. The molecule has 1 atom stereocenters. The Balaban J connectivity index is 1.87. The summed E-state index contributed by atoms with van der Waals surface area (Å²) < 4.78 is 0. The zero-order valence-corrected chi connectivity index (χ0v) is 16.5. The van der Waals surface area contributed by atoms with Crippen LogP contribution in [-0.4, -0.2) is 43.0 Å². The number of hydrogen-bond donors (Lipinski definition) is 1. The van der Waals surface area contributed by atoms with Gasteiger partial charge in [0.15, 0.2) is 0 Å². The van der Waals surface area contributed by atoms with E-state index in [1.165, 1.54) is 24.1 Å². The molecule has 1 aromatic carbocycles. The van der Waals surface area contributed by atoms with Gasteiger partial charge in [0.1, 0.15) is 0 Å². The first-order valence-corrected chi connectivity index (χ1v) is 9.99. The van der Waals surface area contributed by atoms with E-state index >= 15 is 0 Å². The summed E-state index contributed by atoms with van der Waals surface area (Å²) in [4.78, 5) is 17.0. The van der Waals surface area contributed by atoms with E-state index in [1.807, 2.05) is 0 Å². The second-order valence-corrected chi connectivity index (χ2v) is 6.99. The van der Waals surface area contributed by atoms with E-state index in [0.29, 0.717) is 24.9 Å². The van der Waals surface area contributed by atoms with Crippen molar-refractivity contribution in [2.75, 3.05) is 36.4 Å². The molecule has 0 spiro atoms.